The molecule has 0 fully saturated rings. The Kier molecular flexibility index (Phi) is 8.27. The normalized spacial score (nSPS) is 11.7. The van der Waals surface area contributed by atoms with Crippen LogP contribution in [-0.4, -0.2) is 30.6 Å². The Morgan fingerprint density at radius 2 is 2.25 bits per heavy atom. The molecule has 8 heteroatoms. The van der Waals surface area contributed by atoms with E-state index in [1.807, 2.05) is 6.07 Å². The van der Waals surface area contributed by atoms with Gasteiger partial charge in [-0.25, -0.2) is 9.37 Å². The van der Waals surface area contributed by atoms with Crippen LogP contribution in [0, 0.1) is 12.7 Å². The maximum atomic E-state index is 13.6. The third-order valence-electron chi connectivity index (χ3n) is 3.42. The molecule has 132 valence electrons. The van der Waals surface area contributed by atoms with E-state index >= 15 is 0 Å². The van der Waals surface area contributed by atoms with Crippen LogP contribution in [0.5, 0.6) is 0 Å². The maximum Gasteiger partial charge on any atom is 0.228 e. The lowest BCUT2D eigenvalue weighted by molar-refractivity contribution is -0.118. The molecule has 3 N–H and O–H groups in total. The lowest BCUT2D eigenvalue weighted by atomic mass is 10.1. The number of carbonyl (C=O) groups is 1. The number of thiazole rings is 1. The van der Waals surface area contributed by atoms with Crippen molar-refractivity contribution in [1.82, 2.24) is 4.98 Å². The molecule has 24 heavy (non-hydrogen) atoms. The minimum absolute atomic E-state index is 0. The van der Waals surface area contributed by atoms with Crippen LogP contribution in [0.25, 0.3) is 0 Å². The van der Waals surface area contributed by atoms with Crippen LogP contribution in [0.4, 0.5) is 9.52 Å². The van der Waals surface area contributed by atoms with Crippen molar-refractivity contribution in [3.63, 3.8) is 0 Å². The Morgan fingerprint density at radius 3 is 2.88 bits per heavy atom. The zero-order valence-electron chi connectivity index (χ0n) is 13.5. The molecule has 0 aliphatic rings. The molecule has 0 saturated heterocycles. The number of nitrogens with two attached hydrogens (primary N) is 1. The van der Waals surface area contributed by atoms with Crippen LogP contribution in [0.3, 0.4) is 0 Å². The molecule has 1 amide bonds. The van der Waals surface area contributed by atoms with Gasteiger partial charge < -0.3 is 15.8 Å². The molecule has 0 radical (unpaired) electrons. The summed E-state index contributed by atoms with van der Waals surface area (Å²) >= 11 is 1.37. The number of aromatic nitrogens is 1. The third kappa shape index (κ3) is 5.83. The molecular weight excluding hydrogens is 353 g/mol. The number of methoxy groups -OCH3 is 1. The van der Waals surface area contributed by atoms with Gasteiger partial charge in [0.15, 0.2) is 5.13 Å². The van der Waals surface area contributed by atoms with Gasteiger partial charge >= 0.3 is 0 Å². The van der Waals surface area contributed by atoms with Crippen molar-refractivity contribution in [3.05, 3.63) is 46.2 Å². The van der Waals surface area contributed by atoms with Crippen molar-refractivity contribution in [3.8, 4) is 0 Å². The number of benzene rings is 1. The lowest BCUT2D eigenvalue weighted by Gasteiger charge is -2.11. The first-order chi connectivity index (χ1) is 11.0. The molecule has 5 nitrogen and oxygen atoms in total. The van der Waals surface area contributed by atoms with E-state index in [2.05, 4.69) is 10.3 Å². The first kappa shape index (κ1) is 20.5. The van der Waals surface area contributed by atoms with Gasteiger partial charge in [0.05, 0.1) is 12.5 Å². The highest BCUT2D eigenvalue weighted by Crippen LogP contribution is 2.22. The van der Waals surface area contributed by atoms with Crippen molar-refractivity contribution in [2.45, 2.75) is 25.9 Å². The second kappa shape index (κ2) is 9.68. The van der Waals surface area contributed by atoms with E-state index in [9.17, 15) is 9.18 Å². The van der Waals surface area contributed by atoms with Crippen LogP contribution >= 0.6 is 23.7 Å². The molecule has 1 aromatic heterocycles. The fourth-order valence-corrected chi connectivity index (χ4v) is 2.90. The fraction of sp³-hybridized carbons (Fsp3) is 0.375. The summed E-state index contributed by atoms with van der Waals surface area (Å²) < 4.78 is 18.6. The summed E-state index contributed by atoms with van der Waals surface area (Å²) in [6, 6.07) is 5.17. The summed E-state index contributed by atoms with van der Waals surface area (Å²) in [6.07, 6.45) is 2.15. The van der Waals surface area contributed by atoms with Gasteiger partial charge in [-0.05, 0) is 24.1 Å². The average molecular weight is 374 g/mol. The van der Waals surface area contributed by atoms with E-state index in [1.54, 1.807) is 19.2 Å². The number of nitrogens with one attached hydrogen (secondary N) is 1. The number of anilines is 1. The van der Waals surface area contributed by atoms with Crippen molar-refractivity contribution in [2.24, 2.45) is 5.73 Å². The molecular formula is C16H21ClFN3O2S. The van der Waals surface area contributed by atoms with E-state index in [0.717, 1.165) is 10.4 Å². The zero-order valence-corrected chi connectivity index (χ0v) is 15.2. The summed E-state index contributed by atoms with van der Waals surface area (Å²) in [7, 11) is 1.52. The number of rotatable bonds is 7. The summed E-state index contributed by atoms with van der Waals surface area (Å²) in [5.74, 6) is -0.405. The van der Waals surface area contributed by atoms with Crippen LogP contribution in [0.2, 0.25) is 0 Å². The lowest BCUT2D eigenvalue weighted by Crippen LogP contribution is -2.28. The SMILES string of the molecule is COC(CN)CC(=O)Nc1ncc(Cc2ccc(C)c(F)c2)s1.Cl. The summed E-state index contributed by atoms with van der Waals surface area (Å²) in [5, 5.41) is 3.24. The quantitative estimate of drug-likeness (QED) is 0.782. The highest BCUT2D eigenvalue weighted by molar-refractivity contribution is 7.15. The van der Waals surface area contributed by atoms with Crippen LogP contribution in [0.1, 0.15) is 22.4 Å². The zero-order chi connectivity index (χ0) is 16.8. The van der Waals surface area contributed by atoms with Gasteiger partial charge in [-0.15, -0.1) is 23.7 Å². The molecule has 0 spiro atoms. The molecule has 2 aromatic rings. The van der Waals surface area contributed by atoms with Crippen molar-refractivity contribution >= 4 is 34.8 Å². The Hall–Kier alpha value is -1.54. The van der Waals surface area contributed by atoms with Crippen LogP contribution < -0.4 is 11.1 Å². The Balaban J connectivity index is 0.00000288. The predicted octanol–water partition coefficient (Wildman–Crippen LogP) is 2.91. The number of hydrogen-bond acceptors (Lipinski definition) is 5. The molecule has 0 aliphatic carbocycles. The van der Waals surface area contributed by atoms with Crippen molar-refractivity contribution in [2.75, 3.05) is 19.0 Å². The smallest absolute Gasteiger partial charge is 0.228 e. The Bertz CT molecular complexity index is 677. The maximum absolute atomic E-state index is 13.6. The highest BCUT2D eigenvalue weighted by Gasteiger charge is 2.13. The molecule has 1 atom stereocenters. The van der Waals surface area contributed by atoms with Crippen LogP contribution in [0.15, 0.2) is 24.4 Å². The van der Waals surface area contributed by atoms with Crippen LogP contribution in [-0.2, 0) is 16.0 Å². The summed E-state index contributed by atoms with van der Waals surface area (Å²) in [6.45, 7) is 2.01. The van der Waals surface area contributed by atoms with Gasteiger partial charge in [0, 0.05) is 31.1 Å². The third-order valence-corrected chi connectivity index (χ3v) is 4.34. The number of ether oxygens (including phenoxy) is 1. The summed E-state index contributed by atoms with van der Waals surface area (Å²) in [4.78, 5) is 17.0. The van der Waals surface area contributed by atoms with Gasteiger partial charge in [0.2, 0.25) is 5.91 Å². The van der Waals surface area contributed by atoms with E-state index in [0.29, 0.717) is 17.1 Å². The van der Waals surface area contributed by atoms with Crippen molar-refractivity contribution < 1.29 is 13.9 Å². The van der Waals surface area contributed by atoms with E-state index in [1.165, 1.54) is 24.5 Å². The molecule has 0 bridgehead atoms. The Morgan fingerprint density at radius 1 is 1.50 bits per heavy atom. The monoisotopic (exact) mass is 373 g/mol. The number of aryl methyl sites for hydroxylation is 1. The van der Waals surface area contributed by atoms with Gasteiger partial charge in [-0.3, -0.25) is 4.79 Å². The number of hydrogen-bond donors (Lipinski definition) is 2. The largest absolute Gasteiger partial charge is 0.380 e. The Labute approximate surface area is 150 Å². The number of halogens is 2. The molecule has 2 rings (SSSR count). The molecule has 0 saturated carbocycles. The summed E-state index contributed by atoms with van der Waals surface area (Å²) in [5.41, 5.74) is 6.99. The number of carbonyl (C=O) groups excluding carboxylic acids is 1. The predicted molar refractivity (Wildman–Crippen MR) is 96.4 cm³/mol. The second-order valence-electron chi connectivity index (χ2n) is 5.24. The van der Waals surface area contributed by atoms with E-state index in [-0.39, 0.29) is 43.2 Å². The van der Waals surface area contributed by atoms with Gasteiger partial charge in [-0.2, -0.15) is 0 Å². The first-order valence-corrected chi connectivity index (χ1v) is 8.06. The number of nitrogens with zero attached hydrogens (tertiary/aromatic N) is 1. The van der Waals surface area contributed by atoms with Crippen molar-refractivity contribution in [1.29, 1.82) is 0 Å². The average Bonchev–Trinajstić information content (AvgIpc) is 2.95. The minimum Gasteiger partial charge on any atom is -0.380 e. The standard InChI is InChI=1S/C16H20FN3O2S.ClH/c1-10-3-4-11(6-14(10)17)5-13-9-19-16(23-13)20-15(21)7-12(8-18)22-2;/h3-4,6,9,12H,5,7-8,18H2,1-2H3,(H,19,20,21);1H. The molecule has 1 unspecified atom stereocenters. The van der Waals surface area contributed by atoms with E-state index in [4.69, 9.17) is 10.5 Å². The molecule has 1 aromatic carbocycles. The second-order valence-corrected chi connectivity index (χ2v) is 6.35. The molecule has 1 heterocycles. The first-order valence-electron chi connectivity index (χ1n) is 7.24. The van der Waals surface area contributed by atoms with Gasteiger partial charge in [-0.1, -0.05) is 12.1 Å². The van der Waals surface area contributed by atoms with Gasteiger partial charge in [0.1, 0.15) is 5.82 Å². The fourth-order valence-electron chi connectivity index (χ4n) is 2.03. The van der Waals surface area contributed by atoms with Gasteiger partial charge in [0.25, 0.3) is 0 Å². The van der Waals surface area contributed by atoms with E-state index < -0.39 is 0 Å². The molecule has 0 aliphatic heterocycles. The highest BCUT2D eigenvalue weighted by atomic mass is 35.5. The topological polar surface area (TPSA) is 77.2 Å². The number of amides is 1. The minimum atomic E-state index is -0.301.